The Kier molecular flexibility index (Phi) is 3.35. The van der Waals surface area contributed by atoms with Crippen molar-refractivity contribution in [1.29, 1.82) is 0 Å². The van der Waals surface area contributed by atoms with Gasteiger partial charge in [-0.25, -0.2) is 4.68 Å². The van der Waals surface area contributed by atoms with Crippen LogP contribution < -0.4 is 5.32 Å². The molecule has 1 N–H and O–H groups in total. The van der Waals surface area contributed by atoms with Crippen LogP contribution in [0.4, 0.5) is 0 Å². The molecule has 0 saturated carbocycles. The fraction of sp³-hybridized carbons (Fsp3) is 0.857. The number of likely N-dealkylation sites (tertiary alicyclic amines) is 1. The molecule has 5 nitrogen and oxygen atoms in total. The third kappa shape index (κ3) is 2.98. The van der Waals surface area contributed by atoms with Crippen molar-refractivity contribution in [3.05, 3.63) is 11.9 Å². The maximum Gasteiger partial charge on any atom is 0.0967 e. The second-order valence-corrected chi connectivity index (χ2v) is 6.99. The Hall–Kier alpha value is -0.940. The van der Waals surface area contributed by atoms with E-state index in [4.69, 9.17) is 0 Å². The van der Waals surface area contributed by atoms with Crippen molar-refractivity contribution in [2.45, 2.75) is 64.2 Å². The van der Waals surface area contributed by atoms with Crippen LogP contribution in [0.15, 0.2) is 6.20 Å². The molecule has 2 saturated heterocycles. The Labute approximate surface area is 115 Å². The largest absolute Gasteiger partial charge is 0.310 e. The molecule has 3 rings (SSSR count). The molecule has 0 aromatic carbocycles. The SMILES string of the molecule is CC(C)(C)n1cc(CN2CCC3CCC(C2)N3)nn1. The summed E-state index contributed by atoms with van der Waals surface area (Å²) in [7, 11) is 0. The number of nitrogens with one attached hydrogen (secondary N) is 1. The molecule has 2 aliphatic heterocycles. The van der Waals surface area contributed by atoms with Crippen molar-refractivity contribution >= 4 is 0 Å². The van der Waals surface area contributed by atoms with E-state index < -0.39 is 0 Å². The van der Waals surface area contributed by atoms with Crippen LogP contribution in [0.2, 0.25) is 0 Å². The standard InChI is InChI=1S/C14H25N5/c1-14(2,3)19-10-13(16-17-19)9-18-7-6-11-4-5-12(8-18)15-11/h10-12,15H,4-9H2,1-3H3. The Bertz CT molecular complexity index is 433. The maximum absolute atomic E-state index is 4.32. The third-order valence-corrected chi connectivity index (χ3v) is 4.22. The van der Waals surface area contributed by atoms with E-state index >= 15 is 0 Å². The lowest BCUT2D eigenvalue weighted by Crippen LogP contribution is -2.35. The molecule has 1 aromatic rings. The minimum absolute atomic E-state index is 0.0185. The first-order chi connectivity index (χ1) is 9.00. The molecule has 106 valence electrons. The summed E-state index contributed by atoms with van der Waals surface area (Å²) >= 11 is 0. The topological polar surface area (TPSA) is 46.0 Å². The molecule has 0 radical (unpaired) electrons. The summed E-state index contributed by atoms with van der Waals surface area (Å²) in [6, 6.07) is 1.44. The first kappa shape index (κ1) is 13.1. The molecule has 2 aliphatic rings. The Morgan fingerprint density at radius 1 is 1.26 bits per heavy atom. The quantitative estimate of drug-likeness (QED) is 0.875. The van der Waals surface area contributed by atoms with Gasteiger partial charge < -0.3 is 5.32 Å². The molecule has 2 unspecified atom stereocenters. The second kappa shape index (κ2) is 4.87. The molecule has 19 heavy (non-hydrogen) atoms. The number of fused-ring (bicyclic) bond motifs is 2. The average molecular weight is 263 g/mol. The maximum atomic E-state index is 4.32. The zero-order valence-electron chi connectivity index (χ0n) is 12.3. The van der Waals surface area contributed by atoms with Gasteiger partial charge in [0.05, 0.1) is 17.4 Å². The van der Waals surface area contributed by atoms with E-state index in [9.17, 15) is 0 Å². The van der Waals surface area contributed by atoms with E-state index in [1.54, 1.807) is 0 Å². The highest BCUT2D eigenvalue weighted by molar-refractivity contribution is 4.97. The molecule has 5 heteroatoms. The van der Waals surface area contributed by atoms with Gasteiger partial charge in [0.1, 0.15) is 0 Å². The van der Waals surface area contributed by atoms with Gasteiger partial charge in [-0.1, -0.05) is 5.21 Å². The van der Waals surface area contributed by atoms with Crippen LogP contribution in [0.3, 0.4) is 0 Å². The molecule has 0 aliphatic carbocycles. The van der Waals surface area contributed by atoms with E-state index in [1.807, 2.05) is 4.68 Å². The Balaban J connectivity index is 1.63. The van der Waals surface area contributed by atoms with Crippen LogP contribution in [0.1, 0.15) is 45.7 Å². The van der Waals surface area contributed by atoms with Gasteiger partial charge in [0.15, 0.2) is 0 Å². The first-order valence-corrected chi connectivity index (χ1v) is 7.41. The highest BCUT2D eigenvalue weighted by atomic mass is 15.4. The summed E-state index contributed by atoms with van der Waals surface area (Å²) in [5.74, 6) is 0. The molecule has 2 atom stereocenters. The third-order valence-electron chi connectivity index (χ3n) is 4.22. The van der Waals surface area contributed by atoms with Gasteiger partial charge >= 0.3 is 0 Å². The summed E-state index contributed by atoms with van der Waals surface area (Å²) in [6.45, 7) is 9.72. The van der Waals surface area contributed by atoms with Crippen LogP contribution in [-0.4, -0.2) is 45.1 Å². The number of hydrogen-bond acceptors (Lipinski definition) is 4. The van der Waals surface area contributed by atoms with Crippen LogP contribution in [-0.2, 0) is 12.1 Å². The number of aromatic nitrogens is 3. The highest BCUT2D eigenvalue weighted by Gasteiger charge is 2.29. The molecule has 3 heterocycles. The number of hydrogen-bond donors (Lipinski definition) is 1. The summed E-state index contributed by atoms with van der Waals surface area (Å²) in [6.07, 6.45) is 6.05. The summed E-state index contributed by atoms with van der Waals surface area (Å²) in [5.41, 5.74) is 1.11. The summed E-state index contributed by atoms with van der Waals surface area (Å²) < 4.78 is 1.96. The van der Waals surface area contributed by atoms with Gasteiger partial charge in [0.25, 0.3) is 0 Å². The van der Waals surface area contributed by atoms with Crippen LogP contribution in [0.5, 0.6) is 0 Å². The van der Waals surface area contributed by atoms with Crippen LogP contribution >= 0.6 is 0 Å². The van der Waals surface area contributed by atoms with Gasteiger partial charge in [-0.05, 0) is 40.0 Å². The van der Waals surface area contributed by atoms with E-state index in [-0.39, 0.29) is 5.54 Å². The van der Waals surface area contributed by atoms with Gasteiger partial charge in [-0.15, -0.1) is 5.10 Å². The fourth-order valence-electron chi connectivity index (χ4n) is 3.09. The molecule has 0 spiro atoms. The molecule has 0 amide bonds. The highest BCUT2D eigenvalue weighted by Crippen LogP contribution is 2.21. The molecular formula is C14H25N5. The minimum Gasteiger partial charge on any atom is -0.310 e. The number of nitrogens with zero attached hydrogens (tertiary/aromatic N) is 4. The predicted molar refractivity (Wildman–Crippen MR) is 74.9 cm³/mol. The molecular weight excluding hydrogens is 238 g/mol. The van der Waals surface area contributed by atoms with Crippen molar-refractivity contribution in [3.8, 4) is 0 Å². The van der Waals surface area contributed by atoms with E-state index in [2.05, 4.69) is 47.5 Å². The van der Waals surface area contributed by atoms with Crippen molar-refractivity contribution in [2.75, 3.05) is 13.1 Å². The lowest BCUT2D eigenvalue weighted by atomic mass is 10.1. The van der Waals surface area contributed by atoms with Crippen molar-refractivity contribution in [3.63, 3.8) is 0 Å². The van der Waals surface area contributed by atoms with E-state index in [0.717, 1.165) is 24.8 Å². The smallest absolute Gasteiger partial charge is 0.0967 e. The fourth-order valence-corrected chi connectivity index (χ4v) is 3.09. The van der Waals surface area contributed by atoms with E-state index in [1.165, 1.54) is 25.8 Å². The van der Waals surface area contributed by atoms with Crippen molar-refractivity contribution < 1.29 is 0 Å². The zero-order chi connectivity index (χ0) is 13.5. The van der Waals surface area contributed by atoms with Crippen molar-refractivity contribution in [1.82, 2.24) is 25.2 Å². The minimum atomic E-state index is 0.0185. The Morgan fingerprint density at radius 3 is 2.79 bits per heavy atom. The monoisotopic (exact) mass is 263 g/mol. The first-order valence-electron chi connectivity index (χ1n) is 7.41. The molecule has 1 aromatic heterocycles. The summed E-state index contributed by atoms with van der Waals surface area (Å²) in [5, 5.41) is 12.3. The molecule has 2 fully saturated rings. The summed E-state index contributed by atoms with van der Waals surface area (Å²) in [4.78, 5) is 2.52. The lowest BCUT2D eigenvalue weighted by Gasteiger charge is -2.22. The van der Waals surface area contributed by atoms with Crippen LogP contribution in [0.25, 0.3) is 0 Å². The van der Waals surface area contributed by atoms with Gasteiger partial charge in [-0.3, -0.25) is 4.90 Å². The van der Waals surface area contributed by atoms with Crippen molar-refractivity contribution in [2.24, 2.45) is 0 Å². The Morgan fingerprint density at radius 2 is 2.05 bits per heavy atom. The van der Waals surface area contributed by atoms with Gasteiger partial charge in [0, 0.05) is 31.7 Å². The second-order valence-electron chi connectivity index (χ2n) is 6.99. The number of rotatable bonds is 2. The van der Waals surface area contributed by atoms with E-state index in [0.29, 0.717) is 6.04 Å². The predicted octanol–water partition coefficient (Wildman–Crippen LogP) is 1.36. The van der Waals surface area contributed by atoms with Gasteiger partial charge in [0.2, 0.25) is 0 Å². The van der Waals surface area contributed by atoms with Crippen LogP contribution in [0, 0.1) is 0 Å². The zero-order valence-corrected chi connectivity index (χ0v) is 12.3. The van der Waals surface area contributed by atoms with Gasteiger partial charge in [-0.2, -0.15) is 0 Å². The average Bonchev–Trinajstić information content (AvgIpc) is 2.88. The molecule has 2 bridgehead atoms. The normalized spacial score (nSPS) is 28.6. The lowest BCUT2D eigenvalue weighted by molar-refractivity contribution is 0.248.